The Morgan fingerprint density at radius 1 is 1.73 bits per heavy atom. The monoisotopic (exact) mass is 211 g/mol. The van der Waals surface area contributed by atoms with E-state index >= 15 is 0 Å². The minimum Gasteiger partial charge on any atom is -0.390 e. The van der Waals surface area contributed by atoms with Crippen molar-refractivity contribution in [1.82, 2.24) is 15.0 Å². The number of nitrogens with zero attached hydrogens (tertiary/aromatic N) is 3. The third-order valence-corrected chi connectivity index (χ3v) is 3.01. The average molecular weight is 211 g/mol. The van der Waals surface area contributed by atoms with E-state index in [9.17, 15) is 5.11 Å². The van der Waals surface area contributed by atoms with Gasteiger partial charge in [-0.25, -0.2) is 0 Å². The van der Waals surface area contributed by atoms with Gasteiger partial charge < -0.3 is 9.84 Å². The van der Waals surface area contributed by atoms with Crippen molar-refractivity contribution in [2.45, 2.75) is 37.9 Å². The standard InChI is InChI=1S/C10H17N3O2/c1-10(4-3-5-15-10)9(14)6-8-7-13(2)12-11-8/h7,9,14H,3-6H2,1-2H3. The highest BCUT2D eigenvalue weighted by molar-refractivity contribution is 4.99. The third kappa shape index (κ3) is 2.18. The topological polar surface area (TPSA) is 60.2 Å². The lowest BCUT2D eigenvalue weighted by molar-refractivity contribution is -0.0771. The van der Waals surface area contributed by atoms with Crippen LogP contribution in [0.4, 0.5) is 0 Å². The lowest BCUT2D eigenvalue weighted by atomic mass is 9.92. The van der Waals surface area contributed by atoms with Crippen molar-refractivity contribution in [2.24, 2.45) is 7.05 Å². The van der Waals surface area contributed by atoms with Crippen LogP contribution in [0.3, 0.4) is 0 Å². The second-order valence-electron chi connectivity index (χ2n) is 4.37. The number of aromatic nitrogens is 3. The number of rotatable bonds is 3. The van der Waals surface area contributed by atoms with Crippen LogP contribution in [0, 0.1) is 0 Å². The molecule has 0 radical (unpaired) electrons. The zero-order valence-electron chi connectivity index (χ0n) is 9.18. The number of hydrogen-bond donors (Lipinski definition) is 1. The van der Waals surface area contributed by atoms with Gasteiger partial charge in [-0.3, -0.25) is 4.68 Å². The fraction of sp³-hybridized carbons (Fsp3) is 0.800. The Labute approximate surface area is 89.0 Å². The second-order valence-corrected chi connectivity index (χ2v) is 4.37. The molecule has 1 aliphatic rings. The molecule has 1 N–H and O–H groups in total. The van der Waals surface area contributed by atoms with Crippen LogP contribution >= 0.6 is 0 Å². The van der Waals surface area contributed by atoms with Gasteiger partial charge in [-0.2, -0.15) is 0 Å². The molecule has 2 atom stereocenters. The maximum absolute atomic E-state index is 10.1. The van der Waals surface area contributed by atoms with Gasteiger partial charge in [-0.15, -0.1) is 5.10 Å². The first-order valence-corrected chi connectivity index (χ1v) is 5.27. The molecule has 1 aliphatic heterocycles. The molecule has 5 nitrogen and oxygen atoms in total. The first kappa shape index (κ1) is 10.6. The van der Waals surface area contributed by atoms with Gasteiger partial charge >= 0.3 is 0 Å². The Bertz CT molecular complexity index is 331. The van der Waals surface area contributed by atoms with E-state index in [1.165, 1.54) is 0 Å². The van der Waals surface area contributed by atoms with E-state index < -0.39 is 11.7 Å². The van der Waals surface area contributed by atoms with Crippen molar-refractivity contribution in [3.05, 3.63) is 11.9 Å². The molecule has 5 heteroatoms. The third-order valence-electron chi connectivity index (χ3n) is 3.01. The Hall–Kier alpha value is -0.940. The van der Waals surface area contributed by atoms with E-state index in [2.05, 4.69) is 10.3 Å². The maximum Gasteiger partial charge on any atom is 0.0916 e. The van der Waals surface area contributed by atoms with Crippen LogP contribution in [0.2, 0.25) is 0 Å². The summed E-state index contributed by atoms with van der Waals surface area (Å²) in [6.07, 6.45) is 3.76. The molecule has 0 amide bonds. The quantitative estimate of drug-likeness (QED) is 0.780. The van der Waals surface area contributed by atoms with Gasteiger partial charge in [0.1, 0.15) is 0 Å². The Balaban J connectivity index is 1.99. The Morgan fingerprint density at radius 2 is 2.53 bits per heavy atom. The molecular formula is C10H17N3O2. The largest absolute Gasteiger partial charge is 0.390 e. The molecule has 0 saturated carbocycles. The summed E-state index contributed by atoms with van der Waals surface area (Å²) in [4.78, 5) is 0. The predicted molar refractivity (Wildman–Crippen MR) is 54.3 cm³/mol. The highest BCUT2D eigenvalue weighted by Crippen LogP contribution is 2.29. The van der Waals surface area contributed by atoms with Crippen LogP contribution in [0.15, 0.2) is 6.20 Å². The van der Waals surface area contributed by atoms with Gasteiger partial charge in [0.25, 0.3) is 0 Å². The van der Waals surface area contributed by atoms with Crippen LogP contribution in [-0.4, -0.2) is 38.4 Å². The van der Waals surface area contributed by atoms with E-state index in [4.69, 9.17) is 4.74 Å². The molecule has 0 aromatic carbocycles. The fourth-order valence-electron chi connectivity index (χ4n) is 1.97. The Morgan fingerprint density at radius 3 is 3.07 bits per heavy atom. The van der Waals surface area contributed by atoms with Gasteiger partial charge in [-0.1, -0.05) is 5.21 Å². The summed E-state index contributed by atoms with van der Waals surface area (Å²) in [5, 5.41) is 17.9. The molecule has 0 spiro atoms. The van der Waals surface area contributed by atoms with Crippen molar-refractivity contribution in [1.29, 1.82) is 0 Å². The van der Waals surface area contributed by atoms with Gasteiger partial charge in [0, 0.05) is 26.3 Å². The van der Waals surface area contributed by atoms with E-state index in [0.29, 0.717) is 6.42 Å². The summed E-state index contributed by atoms with van der Waals surface area (Å²) in [5.74, 6) is 0. The van der Waals surface area contributed by atoms with Crippen LogP contribution in [0.25, 0.3) is 0 Å². The van der Waals surface area contributed by atoms with Crippen molar-refractivity contribution >= 4 is 0 Å². The van der Waals surface area contributed by atoms with Crippen LogP contribution in [0.5, 0.6) is 0 Å². The molecule has 2 unspecified atom stereocenters. The highest BCUT2D eigenvalue weighted by atomic mass is 16.5. The molecule has 1 saturated heterocycles. The summed E-state index contributed by atoms with van der Waals surface area (Å²) in [6.45, 7) is 2.70. The molecule has 0 bridgehead atoms. The fourth-order valence-corrected chi connectivity index (χ4v) is 1.97. The molecule has 1 fully saturated rings. The van der Waals surface area contributed by atoms with E-state index in [1.807, 2.05) is 20.2 Å². The van der Waals surface area contributed by atoms with Gasteiger partial charge in [0.15, 0.2) is 0 Å². The van der Waals surface area contributed by atoms with Crippen LogP contribution in [0.1, 0.15) is 25.5 Å². The highest BCUT2D eigenvalue weighted by Gasteiger charge is 2.37. The van der Waals surface area contributed by atoms with E-state index in [0.717, 1.165) is 25.1 Å². The summed E-state index contributed by atoms with van der Waals surface area (Å²) in [6, 6.07) is 0. The molecule has 2 rings (SSSR count). The molecule has 0 aliphatic carbocycles. The SMILES string of the molecule is Cn1cc(CC(O)C2(C)CCCO2)nn1. The van der Waals surface area contributed by atoms with Crippen molar-refractivity contribution in [2.75, 3.05) is 6.61 Å². The smallest absolute Gasteiger partial charge is 0.0916 e. The van der Waals surface area contributed by atoms with Crippen molar-refractivity contribution in [3.63, 3.8) is 0 Å². The molecule has 84 valence electrons. The summed E-state index contributed by atoms with van der Waals surface area (Å²) in [5.41, 5.74) is 0.402. The number of aliphatic hydroxyl groups is 1. The molecular weight excluding hydrogens is 194 g/mol. The van der Waals surface area contributed by atoms with E-state index in [1.54, 1.807) is 4.68 Å². The number of hydrogen-bond acceptors (Lipinski definition) is 4. The van der Waals surface area contributed by atoms with Crippen LogP contribution < -0.4 is 0 Å². The molecule has 1 aromatic rings. The lowest BCUT2D eigenvalue weighted by Crippen LogP contribution is -2.40. The van der Waals surface area contributed by atoms with E-state index in [-0.39, 0.29) is 0 Å². The predicted octanol–water partition coefficient (Wildman–Crippen LogP) is 0.288. The molecule has 15 heavy (non-hydrogen) atoms. The molecule has 1 aromatic heterocycles. The van der Waals surface area contributed by atoms with Gasteiger partial charge in [-0.05, 0) is 19.8 Å². The minimum atomic E-state index is -0.503. The number of aliphatic hydroxyl groups excluding tert-OH is 1. The number of aryl methyl sites for hydroxylation is 1. The van der Waals surface area contributed by atoms with Crippen molar-refractivity contribution in [3.8, 4) is 0 Å². The zero-order chi connectivity index (χ0) is 10.9. The first-order chi connectivity index (χ1) is 7.10. The van der Waals surface area contributed by atoms with Gasteiger partial charge in [0.05, 0.1) is 17.4 Å². The Kier molecular flexibility index (Phi) is 2.75. The number of ether oxygens (including phenoxy) is 1. The maximum atomic E-state index is 10.1. The zero-order valence-corrected chi connectivity index (χ0v) is 9.18. The van der Waals surface area contributed by atoms with Gasteiger partial charge in [0.2, 0.25) is 0 Å². The minimum absolute atomic E-state index is 0.405. The molecule has 2 heterocycles. The summed E-state index contributed by atoms with van der Waals surface area (Å²) < 4.78 is 7.22. The summed E-state index contributed by atoms with van der Waals surface area (Å²) >= 11 is 0. The summed E-state index contributed by atoms with van der Waals surface area (Å²) in [7, 11) is 1.82. The second kappa shape index (κ2) is 3.90. The first-order valence-electron chi connectivity index (χ1n) is 5.27. The van der Waals surface area contributed by atoms with Crippen molar-refractivity contribution < 1.29 is 9.84 Å². The average Bonchev–Trinajstić information content (AvgIpc) is 2.76. The van der Waals surface area contributed by atoms with Crippen LogP contribution in [-0.2, 0) is 18.2 Å². The normalized spacial score (nSPS) is 28.2. The lowest BCUT2D eigenvalue weighted by Gasteiger charge is -2.28.